The highest BCUT2D eigenvalue weighted by Crippen LogP contribution is 2.22. The van der Waals surface area contributed by atoms with E-state index >= 15 is 0 Å². The van der Waals surface area contributed by atoms with E-state index in [0.717, 1.165) is 5.69 Å². The second-order valence-electron chi connectivity index (χ2n) is 4.29. The van der Waals surface area contributed by atoms with Gasteiger partial charge < -0.3 is 19.9 Å². The molecule has 0 atom stereocenters. The van der Waals surface area contributed by atoms with Crippen molar-refractivity contribution in [3.63, 3.8) is 0 Å². The van der Waals surface area contributed by atoms with Crippen LogP contribution < -0.4 is 15.4 Å². The zero-order valence-electron chi connectivity index (χ0n) is 11.5. The Morgan fingerprint density at radius 3 is 2.90 bits per heavy atom. The van der Waals surface area contributed by atoms with Crippen molar-refractivity contribution in [2.45, 2.75) is 13.5 Å². The number of carbonyl (C=O) groups excluding carboxylic acids is 1. The molecule has 0 spiro atoms. The van der Waals surface area contributed by atoms with Crippen LogP contribution in [-0.2, 0) is 11.3 Å². The van der Waals surface area contributed by atoms with Crippen molar-refractivity contribution in [3.05, 3.63) is 41.8 Å². The van der Waals surface area contributed by atoms with Crippen molar-refractivity contribution >= 4 is 11.6 Å². The van der Waals surface area contributed by atoms with Gasteiger partial charge in [0.25, 0.3) is 0 Å². The summed E-state index contributed by atoms with van der Waals surface area (Å²) in [5.74, 6) is 1.19. The van der Waals surface area contributed by atoms with Crippen LogP contribution in [0.15, 0.2) is 34.9 Å². The van der Waals surface area contributed by atoms with Gasteiger partial charge in [-0.05, 0) is 19.1 Å². The Kier molecular flexibility index (Phi) is 4.73. The summed E-state index contributed by atoms with van der Waals surface area (Å²) in [6.07, 6.45) is 0. The molecule has 0 aliphatic rings. The normalized spacial score (nSPS) is 10.3. The second-order valence-corrected chi connectivity index (χ2v) is 4.29. The lowest BCUT2D eigenvalue weighted by molar-refractivity contribution is -0.115. The summed E-state index contributed by atoms with van der Waals surface area (Å²) >= 11 is 0. The van der Waals surface area contributed by atoms with Gasteiger partial charge in [0, 0.05) is 6.07 Å². The highest BCUT2D eigenvalue weighted by molar-refractivity contribution is 5.93. The Bertz CT molecular complexity index is 581. The summed E-state index contributed by atoms with van der Waals surface area (Å²) in [7, 11) is 1.56. The lowest BCUT2D eigenvalue weighted by Crippen LogP contribution is -2.27. The zero-order valence-corrected chi connectivity index (χ0v) is 11.5. The second kappa shape index (κ2) is 6.72. The molecule has 2 rings (SSSR count). The number of benzene rings is 1. The van der Waals surface area contributed by atoms with Gasteiger partial charge in [-0.1, -0.05) is 17.3 Å². The number of ether oxygens (including phenoxy) is 1. The molecule has 0 fully saturated rings. The Hall–Kier alpha value is -2.34. The molecule has 0 unspecified atom stereocenters. The summed E-state index contributed by atoms with van der Waals surface area (Å²) in [4.78, 5) is 11.8. The molecule has 0 aliphatic carbocycles. The Morgan fingerprint density at radius 1 is 1.40 bits per heavy atom. The molecule has 20 heavy (non-hydrogen) atoms. The first-order valence-corrected chi connectivity index (χ1v) is 6.25. The van der Waals surface area contributed by atoms with Gasteiger partial charge in [0.15, 0.2) is 5.76 Å². The summed E-state index contributed by atoms with van der Waals surface area (Å²) in [5, 5.41) is 9.54. The molecule has 106 valence electrons. The number of rotatable bonds is 6. The molecule has 6 heteroatoms. The third-order valence-electron chi connectivity index (χ3n) is 2.64. The van der Waals surface area contributed by atoms with Crippen LogP contribution in [0.1, 0.15) is 11.5 Å². The van der Waals surface area contributed by atoms with Crippen molar-refractivity contribution in [1.29, 1.82) is 0 Å². The predicted octanol–water partition coefficient (Wildman–Crippen LogP) is 1.72. The number of para-hydroxylation sites is 2. The van der Waals surface area contributed by atoms with Gasteiger partial charge in [0.1, 0.15) is 5.75 Å². The third-order valence-corrected chi connectivity index (χ3v) is 2.64. The Labute approximate surface area is 117 Å². The van der Waals surface area contributed by atoms with E-state index in [4.69, 9.17) is 9.26 Å². The minimum atomic E-state index is -0.147. The van der Waals surface area contributed by atoms with Crippen LogP contribution in [0, 0.1) is 6.92 Å². The van der Waals surface area contributed by atoms with E-state index in [-0.39, 0.29) is 12.5 Å². The number of carbonyl (C=O) groups is 1. The van der Waals surface area contributed by atoms with E-state index in [0.29, 0.717) is 23.7 Å². The van der Waals surface area contributed by atoms with Gasteiger partial charge >= 0.3 is 0 Å². The summed E-state index contributed by atoms with van der Waals surface area (Å²) < 4.78 is 10.2. The molecule has 6 nitrogen and oxygen atoms in total. The highest BCUT2D eigenvalue weighted by Gasteiger charge is 2.07. The summed E-state index contributed by atoms with van der Waals surface area (Å²) in [6, 6.07) is 9.09. The minimum absolute atomic E-state index is 0.147. The molecule has 0 radical (unpaired) electrons. The van der Waals surface area contributed by atoms with Crippen LogP contribution in [-0.4, -0.2) is 24.7 Å². The standard InChI is InChI=1S/C14H17N3O3/c1-10-7-11(20-17-10)8-15-9-14(18)16-12-5-3-4-6-13(12)19-2/h3-7,15H,8-9H2,1-2H3,(H,16,18). The van der Waals surface area contributed by atoms with Crippen LogP contribution in [0.2, 0.25) is 0 Å². The van der Waals surface area contributed by atoms with Crippen molar-refractivity contribution in [3.8, 4) is 5.75 Å². The van der Waals surface area contributed by atoms with Gasteiger partial charge in [0.2, 0.25) is 5.91 Å². The lowest BCUT2D eigenvalue weighted by atomic mass is 10.3. The fourth-order valence-corrected chi connectivity index (χ4v) is 1.74. The number of aryl methyl sites for hydroxylation is 1. The van der Waals surface area contributed by atoms with Crippen LogP contribution in [0.3, 0.4) is 0 Å². The molecular weight excluding hydrogens is 258 g/mol. The topological polar surface area (TPSA) is 76.4 Å². The van der Waals surface area contributed by atoms with E-state index in [1.54, 1.807) is 19.2 Å². The predicted molar refractivity (Wildman–Crippen MR) is 74.6 cm³/mol. The van der Waals surface area contributed by atoms with Gasteiger partial charge in [-0.25, -0.2) is 0 Å². The third kappa shape index (κ3) is 3.83. The average molecular weight is 275 g/mol. The van der Waals surface area contributed by atoms with Crippen LogP contribution in [0.4, 0.5) is 5.69 Å². The maximum atomic E-state index is 11.8. The summed E-state index contributed by atoms with van der Waals surface area (Å²) in [5.41, 5.74) is 1.47. The van der Waals surface area contributed by atoms with Gasteiger partial charge in [-0.3, -0.25) is 4.79 Å². The monoisotopic (exact) mass is 275 g/mol. The number of amides is 1. The first kappa shape index (κ1) is 14.1. The van der Waals surface area contributed by atoms with E-state index in [2.05, 4.69) is 15.8 Å². The van der Waals surface area contributed by atoms with Gasteiger partial charge in [-0.2, -0.15) is 0 Å². The quantitative estimate of drug-likeness (QED) is 0.839. The van der Waals surface area contributed by atoms with E-state index in [9.17, 15) is 4.79 Å². The molecule has 2 N–H and O–H groups in total. The van der Waals surface area contributed by atoms with Gasteiger partial charge in [0.05, 0.1) is 31.6 Å². The molecule has 1 aromatic carbocycles. The van der Waals surface area contributed by atoms with E-state index < -0.39 is 0 Å². The van der Waals surface area contributed by atoms with Crippen molar-refractivity contribution in [1.82, 2.24) is 10.5 Å². The smallest absolute Gasteiger partial charge is 0.238 e. The fourth-order valence-electron chi connectivity index (χ4n) is 1.74. The highest BCUT2D eigenvalue weighted by atomic mass is 16.5. The minimum Gasteiger partial charge on any atom is -0.495 e. The lowest BCUT2D eigenvalue weighted by Gasteiger charge is -2.09. The first-order valence-electron chi connectivity index (χ1n) is 6.25. The molecule has 2 aromatic rings. The van der Waals surface area contributed by atoms with Crippen LogP contribution in [0.5, 0.6) is 5.75 Å². The van der Waals surface area contributed by atoms with Gasteiger partial charge in [-0.15, -0.1) is 0 Å². The fraction of sp³-hybridized carbons (Fsp3) is 0.286. The molecule has 1 heterocycles. The van der Waals surface area contributed by atoms with Crippen molar-refractivity contribution in [2.75, 3.05) is 19.0 Å². The maximum absolute atomic E-state index is 11.8. The largest absolute Gasteiger partial charge is 0.495 e. The molecule has 0 bridgehead atoms. The number of hydrogen-bond donors (Lipinski definition) is 2. The molecule has 0 saturated heterocycles. The molecule has 0 saturated carbocycles. The number of hydrogen-bond acceptors (Lipinski definition) is 5. The van der Waals surface area contributed by atoms with Crippen LogP contribution in [0.25, 0.3) is 0 Å². The number of nitrogens with zero attached hydrogens (tertiary/aromatic N) is 1. The molecule has 1 aromatic heterocycles. The zero-order chi connectivity index (χ0) is 14.4. The van der Waals surface area contributed by atoms with Crippen LogP contribution >= 0.6 is 0 Å². The number of anilines is 1. The summed E-state index contributed by atoms with van der Waals surface area (Å²) in [6.45, 7) is 2.49. The Morgan fingerprint density at radius 2 is 2.20 bits per heavy atom. The van der Waals surface area contributed by atoms with Crippen molar-refractivity contribution in [2.24, 2.45) is 0 Å². The van der Waals surface area contributed by atoms with E-state index in [1.165, 1.54) is 0 Å². The SMILES string of the molecule is COc1ccccc1NC(=O)CNCc1cc(C)no1. The maximum Gasteiger partial charge on any atom is 0.238 e. The molecule has 0 aliphatic heterocycles. The van der Waals surface area contributed by atoms with Crippen molar-refractivity contribution < 1.29 is 14.1 Å². The molecular formula is C14H17N3O3. The number of nitrogens with one attached hydrogen (secondary N) is 2. The average Bonchev–Trinajstić information content (AvgIpc) is 2.85. The number of methoxy groups -OCH3 is 1. The molecule has 1 amide bonds. The first-order chi connectivity index (χ1) is 9.69. The Balaban J connectivity index is 1.80. The van der Waals surface area contributed by atoms with E-state index in [1.807, 2.05) is 25.1 Å². The number of aromatic nitrogens is 1.